The van der Waals surface area contributed by atoms with Gasteiger partial charge in [0.1, 0.15) is 0 Å². The third-order valence-corrected chi connectivity index (χ3v) is 4.45. The molecule has 106 valence electrons. The van der Waals surface area contributed by atoms with Gasteiger partial charge in [-0.3, -0.25) is 0 Å². The van der Waals surface area contributed by atoms with Gasteiger partial charge < -0.3 is 20.1 Å². The van der Waals surface area contributed by atoms with E-state index in [0.29, 0.717) is 12.1 Å². The van der Waals surface area contributed by atoms with Crippen LogP contribution in [0, 0.1) is 0 Å². The Hall–Kier alpha value is -0.160. The van der Waals surface area contributed by atoms with Gasteiger partial charge in [-0.1, -0.05) is 12.8 Å². The molecule has 4 nitrogen and oxygen atoms in total. The number of likely N-dealkylation sites (N-methyl/N-ethyl adjacent to an activating group) is 1. The van der Waals surface area contributed by atoms with E-state index in [1.165, 1.54) is 12.8 Å². The summed E-state index contributed by atoms with van der Waals surface area (Å²) in [4.78, 5) is 2.31. The number of nitrogens with zero attached hydrogens (tertiary/aromatic N) is 1. The maximum Gasteiger partial charge on any atom is 0.0774 e. The molecular weight excluding hydrogens is 228 g/mol. The summed E-state index contributed by atoms with van der Waals surface area (Å²) in [6.45, 7) is 5.67. The molecule has 4 heteroatoms. The summed E-state index contributed by atoms with van der Waals surface area (Å²) in [5, 5.41) is 13.9. The molecule has 0 aromatic carbocycles. The Balaban J connectivity index is 1.75. The van der Waals surface area contributed by atoms with Crippen molar-refractivity contribution in [3.63, 3.8) is 0 Å². The molecule has 0 aromatic rings. The fourth-order valence-corrected chi connectivity index (χ4v) is 3.17. The van der Waals surface area contributed by atoms with Crippen molar-refractivity contribution in [1.29, 1.82) is 0 Å². The average molecular weight is 256 g/mol. The second kappa shape index (κ2) is 6.33. The monoisotopic (exact) mass is 256 g/mol. The van der Waals surface area contributed by atoms with E-state index >= 15 is 0 Å². The predicted octanol–water partition coefficient (Wildman–Crippen LogP) is 0.990. The van der Waals surface area contributed by atoms with Crippen LogP contribution in [0.1, 0.15) is 39.0 Å². The lowest BCUT2D eigenvalue weighted by molar-refractivity contribution is 0.00146. The van der Waals surface area contributed by atoms with Gasteiger partial charge in [0.25, 0.3) is 0 Å². The summed E-state index contributed by atoms with van der Waals surface area (Å²) in [5.41, 5.74) is -0.431. The molecule has 2 atom stereocenters. The number of aliphatic hydroxyl groups is 1. The molecule has 18 heavy (non-hydrogen) atoms. The average Bonchev–Trinajstić information content (AvgIpc) is 2.77. The van der Waals surface area contributed by atoms with E-state index in [9.17, 15) is 5.11 Å². The standard InChI is InChI=1S/C14H28N2O2/c1-12(9-13-10-18-8-7-15-13)16(2)11-14(17)5-3-4-6-14/h12-13,15,17H,3-11H2,1-2H3. The number of morpholine rings is 1. The van der Waals surface area contributed by atoms with Gasteiger partial charge in [0.2, 0.25) is 0 Å². The largest absolute Gasteiger partial charge is 0.389 e. The van der Waals surface area contributed by atoms with Crippen molar-refractivity contribution in [1.82, 2.24) is 10.2 Å². The summed E-state index contributed by atoms with van der Waals surface area (Å²) >= 11 is 0. The van der Waals surface area contributed by atoms with Crippen LogP contribution in [0.5, 0.6) is 0 Å². The Morgan fingerprint density at radius 2 is 2.17 bits per heavy atom. The zero-order valence-corrected chi connectivity index (χ0v) is 11.8. The molecule has 1 saturated heterocycles. The first-order valence-corrected chi connectivity index (χ1v) is 7.33. The first-order valence-electron chi connectivity index (χ1n) is 7.33. The van der Waals surface area contributed by atoms with Crippen molar-refractivity contribution in [3.05, 3.63) is 0 Å². The highest BCUT2D eigenvalue weighted by molar-refractivity contribution is 4.88. The van der Waals surface area contributed by atoms with Crippen LogP contribution in [0.15, 0.2) is 0 Å². The van der Waals surface area contributed by atoms with Gasteiger partial charge in [0.15, 0.2) is 0 Å². The highest BCUT2D eigenvalue weighted by atomic mass is 16.5. The van der Waals surface area contributed by atoms with E-state index in [2.05, 4.69) is 24.2 Å². The van der Waals surface area contributed by atoms with E-state index in [0.717, 1.165) is 45.6 Å². The maximum absolute atomic E-state index is 10.4. The minimum Gasteiger partial charge on any atom is -0.389 e. The molecule has 0 aromatic heterocycles. The smallest absolute Gasteiger partial charge is 0.0774 e. The van der Waals surface area contributed by atoms with Gasteiger partial charge in [-0.05, 0) is 33.2 Å². The van der Waals surface area contributed by atoms with Crippen molar-refractivity contribution in [2.75, 3.05) is 33.4 Å². The van der Waals surface area contributed by atoms with Crippen LogP contribution < -0.4 is 5.32 Å². The Kier molecular flexibility index (Phi) is 5.01. The summed E-state index contributed by atoms with van der Waals surface area (Å²) in [6.07, 6.45) is 5.38. The molecule has 2 fully saturated rings. The van der Waals surface area contributed by atoms with Gasteiger partial charge in [-0.15, -0.1) is 0 Å². The molecule has 2 N–H and O–H groups in total. The van der Waals surface area contributed by atoms with E-state index in [4.69, 9.17) is 4.74 Å². The van der Waals surface area contributed by atoms with E-state index in [1.54, 1.807) is 0 Å². The highest BCUT2D eigenvalue weighted by Crippen LogP contribution is 2.30. The van der Waals surface area contributed by atoms with E-state index in [-0.39, 0.29) is 0 Å². The number of rotatable bonds is 5. The van der Waals surface area contributed by atoms with Crippen molar-refractivity contribution < 1.29 is 9.84 Å². The van der Waals surface area contributed by atoms with Crippen molar-refractivity contribution in [2.24, 2.45) is 0 Å². The number of ether oxygens (including phenoxy) is 1. The molecular formula is C14H28N2O2. The van der Waals surface area contributed by atoms with Crippen molar-refractivity contribution >= 4 is 0 Å². The quantitative estimate of drug-likeness (QED) is 0.770. The lowest BCUT2D eigenvalue weighted by atomic mass is 10.00. The fourth-order valence-electron chi connectivity index (χ4n) is 3.17. The maximum atomic E-state index is 10.4. The molecule has 2 rings (SSSR count). The molecule has 0 amide bonds. The molecule has 2 aliphatic rings. The Labute approximate surface area is 111 Å². The molecule has 1 aliphatic heterocycles. The number of nitrogens with one attached hydrogen (secondary N) is 1. The normalized spacial score (nSPS) is 29.7. The van der Waals surface area contributed by atoms with Crippen LogP contribution in [0.2, 0.25) is 0 Å². The van der Waals surface area contributed by atoms with Gasteiger partial charge >= 0.3 is 0 Å². The molecule has 1 saturated carbocycles. The van der Waals surface area contributed by atoms with E-state index < -0.39 is 5.60 Å². The third kappa shape index (κ3) is 3.92. The predicted molar refractivity (Wildman–Crippen MR) is 72.7 cm³/mol. The van der Waals surface area contributed by atoms with Crippen LogP contribution >= 0.6 is 0 Å². The summed E-state index contributed by atoms with van der Waals surface area (Å²) in [5.74, 6) is 0. The third-order valence-electron chi connectivity index (χ3n) is 4.45. The lowest BCUT2D eigenvalue weighted by Gasteiger charge is -2.35. The lowest BCUT2D eigenvalue weighted by Crippen LogP contribution is -2.48. The molecule has 0 spiro atoms. The second-order valence-corrected chi connectivity index (χ2v) is 6.16. The molecule has 2 unspecified atom stereocenters. The Bertz CT molecular complexity index is 248. The molecule has 1 aliphatic carbocycles. The SMILES string of the molecule is CC(CC1COCCN1)N(C)CC1(O)CCCC1. The van der Waals surface area contributed by atoms with Gasteiger partial charge in [0.05, 0.1) is 18.8 Å². The number of hydrogen-bond donors (Lipinski definition) is 2. The molecule has 0 bridgehead atoms. The van der Waals surface area contributed by atoms with Gasteiger partial charge in [-0.25, -0.2) is 0 Å². The first kappa shape index (κ1) is 14.3. The van der Waals surface area contributed by atoms with Crippen molar-refractivity contribution in [2.45, 2.75) is 56.7 Å². The second-order valence-electron chi connectivity index (χ2n) is 6.16. The number of hydrogen-bond acceptors (Lipinski definition) is 4. The molecule has 0 radical (unpaired) electrons. The minimum absolute atomic E-state index is 0.431. The molecule has 1 heterocycles. The summed E-state index contributed by atoms with van der Waals surface area (Å²) in [7, 11) is 2.13. The van der Waals surface area contributed by atoms with Crippen LogP contribution in [-0.4, -0.2) is 61.0 Å². The van der Waals surface area contributed by atoms with Crippen LogP contribution in [0.25, 0.3) is 0 Å². The van der Waals surface area contributed by atoms with Crippen LogP contribution in [-0.2, 0) is 4.74 Å². The summed E-state index contributed by atoms with van der Waals surface area (Å²) < 4.78 is 5.49. The highest BCUT2D eigenvalue weighted by Gasteiger charge is 2.33. The fraction of sp³-hybridized carbons (Fsp3) is 1.00. The van der Waals surface area contributed by atoms with Crippen LogP contribution in [0.3, 0.4) is 0 Å². The minimum atomic E-state index is -0.431. The topological polar surface area (TPSA) is 44.7 Å². The van der Waals surface area contributed by atoms with Crippen molar-refractivity contribution in [3.8, 4) is 0 Å². The van der Waals surface area contributed by atoms with E-state index in [1.807, 2.05) is 0 Å². The zero-order chi connectivity index (χ0) is 13.0. The Morgan fingerprint density at radius 1 is 1.44 bits per heavy atom. The Morgan fingerprint density at radius 3 is 2.78 bits per heavy atom. The van der Waals surface area contributed by atoms with Gasteiger partial charge in [0, 0.05) is 25.2 Å². The van der Waals surface area contributed by atoms with Gasteiger partial charge in [-0.2, -0.15) is 0 Å². The zero-order valence-electron chi connectivity index (χ0n) is 11.8. The summed E-state index contributed by atoms with van der Waals surface area (Å²) in [6, 6.07) is 0.947. The first-order chi connectivity index (χ1) is 8.59. The van der Waals surface area contributed by atoms with Crippen LogP contribution in [0.4, 0.5) is 0 Å².